The number of nitrogens with zero attached hydrogens (tertiary/aromatic N) is 1. The summed E-state index contributed by atoms with van der Waals surface area (Å²) in [7, 11) is -0.806. The number of halogens is 2. The van der Waals surface area contributed by atoms with E-state index in [0.29, 0.717) is 6.07 Å². The first-order chi connectivity index (χ1) is 12.6. The molecule has 0 atom stereocenters. The van der Waals surface area contributed by atoms with Crippen molar-refractivity contribution in [2.45, 2.75) is 4.90 Å². The van der Waals surface area contributed by atoms with Crippen molar-refractivity contribution in [1.29, 1.82) is 0 Å². The highest BCUT2D eigenvalue weighted by atomic mass is 32.2. The van der Waals surface area contributed by atoms with E-state index in [1.807, 2.05) is 0 Å². The van der Waals surface area contributed by atoms with Crippen molar-refractivity contribution in [2.75, 3.05) is 26.0 Å². The van der Waals surface area contributed by atoms with Gasteiger partial charge in [0.2, 0.25) is 10.0 Å². The van der Waals surface area contributed by atoms with Crippen LogP contribution in [0.5, 0.6) is 0 Å². The third-order valence-corrected chi connectivity index (χ3v) is 5.18. The summed E-state index contributed by atoms with van der Waals surface area (Å²) in [5.41, 5.74) is -0.0795. The number of rotatable bonds is 6. The van der Waals surface area contributed by atoms with E-state index in [2.05, 4.69) is 5.32 Å². The van der Waals surface area contributed by atoms with E-state index in [9.17, 15) is 26.8 Å². The van der Waals surface area contributed by atoms with Crippen molar-refractivity contribution in [2.24, 2.45) is 0 Å². The van der Waals surface area contributed by atoms with E-state index in [-0.39, 0.29) is 16.1 Å². The van der Waals surface area contributed by atoms with Gasteiger partial charge in [0.15, 0.2) is 6.61 Å². The zero-order valence-electron chi connectivity index (χ0n) is 14.4. The third kappa shape index (κ3) is 5.31. The molecule has 0 aliphatic carbocycles. The molecule has 0 heterocycles. The molecule has 0 aliphatic rings. The van der Waals surface area contributed by atoms with Crippen LogP contribution in [0.15, 0.2) is 47.4 Å². The largest absolute Gasteiger partial charge is 0.452 e. The Labute approximate surface area is 154 Å². The Morgan fingerprint density at radius 2 is 1.59 bits per heavy atom. The second-order valence-corrected chi connectivity index (χ2v) is 7.75. The van der Waals surface area contributed by atoms with Gasteiger partial charge in [0.25, 0.3) is 5.91 Å². The van der Waals surface area contributed by atoms with E-state index in [1.165, 1.54) is 38.4 Å². The van der Waals surface area contributed by atoms with Gasteiger partial charge in [-0.3, -0.25) is 4.79 Å². The maximum Gasteiger partial charge on any atom is 0.338 e. The molecule has 0 radical (unpaired) electrons. The van der Waals surface area contributed by atoms with Gasteiger partial charge in [-0.15, -0.1) is 0 Å². The molecular weight excluding hydrogens is 382 g/mol. The lowest BCUT2D eigenvalue weighted by Crippen LogP contribution is -2.22. The van der Waals surface area contributed by atoms with Crippen molar-refractivity contribution < 1.29 is 31.5 Å². The fourth-order valence-corrected chi connectivity index (χ4v) is 2.91. The van der Waals surface area contributed by atoms with Crippen molar-refractivity contribution in [3.05, 3.63) is 59.7 Å². The number of anilines is 1. The van der Waals surface area contributed by atoms with Crippen LogP contribution in [-0.2, 0) is 19.6 Å². The Hall–Kier alpha value is -2.85. The first kappa shape index (κ1) is 20.5. The van der Waals surface area contributed by atoms with Gasteiger partial charge in [-0.1, -0.05) is 0 Å². The lowest BCUT2D eigenvalue weighted by molar-refractivity contribution is -0.119. The highest BCUT2D eigenvalue weighted by Crippen LogP contribution is 2.16. The molecule has 0 saturated heterocycles. The molecule has 0 unspecified atom stereocenters. The average molecular weight is 398 g/mol. The summed E-state index contributed by atoms with van der Waals surface area (Å²) < 4.78 is 55.8. The van der Waals surface area contributed by atoms with E-state index in [0.717, 1.165) is 16.4 Å². The number of esters is 1. The molecule has 0 aliphatic heterocycles. The van der Waals surface area contributed by atoms with E-state index in [4.69, 9.17) is 4.74 Å². The number of carbonyl (C=O) groups is 2. The predicted octanol–water partition coefficient (Wildman–Crippen LogP) is 2.01. The third-order valence-electron chi connectivity index (χ3n) is 3.35. The van der Waals surface area contributed by atoms with Crippen LogP contribution in [0.2, 0.25) is 0 Å². The molecule has 27 heavy (non-hydrogen) atoms. The molecule has 10 heteroatoms. The molecule has 1 amide bonds. The number of nitrogens with one attached hydrogen (secondary N) is 1. The van der Waals surface area contributed by atoms with E-state index in [1.54, 1.807) is 0 Å². The number of hydrogen-bond acceptors (Lipinski definition) is 5. The summed E-state index contributed by atoms with van der Waals surface area (Å²) in [5.74, 6) is -3.65. The molecule has 2 aromatic rings. The molecule has 144 valence electrons. The molecule has 2 rings (SSSR count). The normalized spacial score (nSPS) is 11.3. The van der Waals surface area contributed by atoms with E-state index < -0.39 is 40.1 Å². The summed E-state index contributed by atoms with van der Waals surface area (Å²) in [5, 5.41) is 2.41. The van der Waals surface area contributed by atoms with Crippen LogP contribution in [0.1, 0.15) is 10.4 Å². The smallest absolute Gasteiger partial charge is 0.338 e. The summed E-state index contributed by atoms with van der Waals surface area (Å²) in [6.45, 7) is -0.686. The van der Waals surface area contributed by atoms with E-state index >= 15 is 0 Å². The fraction of sp³-hybridized carbons (Fsp3) is 0.176. The van der Waals surface area contributed by atoms with Gasteiger partial charge >= 0.3 is 5.97 Å². The Balaban J connectivity index is 1.95. The minimum Gasteiger partial charge on any atom is -0.452 e. The number of benzene rings is 2. The summed E-state index contributed by atoms with van der Waals surface area (Å²) >= 11 is 0. The molecule has 1 N–H and O–H groups in total. The molecule has 0 saturated carbocycles. The van der Waals surface area contributed by atoms with Crippen LogP contribution in [0, 0.1) is 11.6 Å². The van der Waals surface area contributed by atoms with Crippen LogP contribution in [0.25, 0.3) is 0 Å². The minimum absolute atomic E-state index is 0.0463. The average Bonchev–Trinajstić information content (AvgIpc) is 2.59. The highest BCUT2D eigenvalue weighted by molar-refractivity contribution is 7.89. The topological polar surface area (TPSA) is 92.8 Å². The van der Waals surface area contributed by atoms with Gasteiger partial charge in [-0.25, -0.2) is 26.3 Å². The zero-order valence-corrected chi connectivity index (χ0v) is 15.2. The van der Waals surface area contributed by atoms with Gasteiger partial charge in [0.05, 0.1) is 10.5 Å². The number of ether oxygens (including phenoxy) is 1. The van der Waals surface area contributed by atoms with Gasteiger partial charge in [-0.2, -0.15) is 0 Å². The summed E-state index contributed by atoms with van der Waals surface area (Å²) in [6.07, 6.45) is 0. The lowest BCUT2D eigenvalue weighted by atomic mass is 10.2. The maximum absolute atomic E-state index is 13.1. The van der Waals surface area contributed by atoms with Gasteiger partial charge in [0.1, 0.15) is 11.6 Å². The second-order valence-electron chi connectivity index (χ2n) is 5.59. The SMILES string of the molecule is CN(C)S(=O)(=O)c1ccc(NC(=O)COC(=O)c2cc(F)cc(F)c2)cc1. The summed E-state index contributed by atoms with van der Waals surface area (Å²) in [4.78, 5) is 23.6. The Morgan fingerprint density at radius 1 is 1.04 bits per heavy atom. The molecular formula is C17H16F2N2O5S. The predicted molar refractivity (Wildman–Crippen MR) is 92.6 cm³/mol. The first-order valence-electron chi connectivity index (χ1n) is 7.55. The number of sulfonamides is 1. The van der Waals surface area contributed by atoms with Crippen LogP contribution < -0.4 is 5.32 Å². The highest BCUT2D eigenvalue weighted by Gasteiger charge is 2.17. The number of carbonyl (C=O) groups excluding carboxylic acids is 2. The summed E-state index contributed by atoms with van der Waals surface area (Å²) in [6, 6.07) is 7.54. The molecule has 0 bridgehead atoms. The van der Waals surface area contributed by atoms with Gasteiger partial charge < -0.3 is 10.1 Å². The molecule has 0 fully saturated rings. The Morgan fingerprint density at radius 3 is 2.11 bits per heavy atom. The Bertz CT molecular complexity index is 940. The second kappa shape index (κ2) is 8.23. The van der Waals surface area contributed by atoms with Crippen molar-refractivity contribution in [3.63, 3.8) is 0 Å². The van der Waals surface area contributed by atoms with Gasteiger partial charge in [0, 0.05) is 25.8 Å². The quantitative estimate of drug-likeness (QED) is 0.752. The lowest BCUT2D eigenvalue weighted by Gasteiger charge is -2.12. The van der Waals surface area contributed by atoms with Crippen LogP contribution in [0.3, 0.4) is 0 Å². The van der Waals surface area contributed by atoms with Crippen LogP contribution in [-0.4, -0.2) is 45.3 Å². The first-order valence-corrected chi connectivity index (χ1v) is 8.99. The fourth-order valence-electron chi connectivity index (χ4n) is 2.00. The molecule has 0 spiro atoms. The molecule has 7 nitrogen and oxygen atoms in total. The van der Waals surface area contributed by atoms with Gasteiger partial charge in [-0.05, 0) is 36.4 Å². The van der Waals surface area contributed by atoms with Crippen LogP contribution >= 0.6 is 0 Å². The van der Waals surface area contributed by atoms with Crippen molar-refractivity contribution >= 4 is 27.6 Å². The monoisotopic (exact) mass is 398 g/mol. The zero-order chi connectivity index (χ0) is 20.2. The number of amides is 1. The van der Waals surface area contributed by atoms with Crippen molar-refractivity contribution in [3.8, 4) is 0 Å². The standard InChI is InChI=1S/C17H16F2N2O5S/c1-21(2)27(24,25)15-5-3-14(4-6-15)20-16(22)10-26-17(23)11-7-12(18)9-13(19)8-11/h3-9H,10H2,1-2H3,(H,20,22). The van der Waals surface area contributed by atoms with Crippen molar-refractivity contribution in [1.82, 2.24) is 4.31 Å². The minimum atomic E-state index is -3.59. The molecule has 0 aromatic heterocycles. The number of hydrogen-bond donors (Lipinski definition) is 1. The molecule has 2 aromatic carbocycles. The van der Waals surface area contributed by atoms with Crippen LogP contribution in [0.4, 0.5) is 14.5 Å². The Kier molecular flexibility index (Phi) is 6.24. The maximum atomic E-state index is 13.1.